The summed E-state index contributed by atoms with van der Waals surface area (Å²) in [6.45, 7) is 20.3. The van der Waals surface area contributed by atoms with Crippen molar-refractivity contribution in [3.63, 3.8) is 0 Å². The Morgan fingerprint density at radius 3 is 2.20 bits per heavy atom. The summed E-state index contributed by atoms with van der Waals surface area (Å²) in [7, 11) is 0. The number of nitrogens with zero attached hydrogens (tertiary/aromatic N) is 3. The zero-order valence-electron chi connectivity index (χ0n) is 27.7. The zero-order valence-corrected chi connectivity index (χ0v) is 29.3. The molecule has 5 rings (SSSR count). The number of benzene rings is 2. The molecule has 1 aliphatic heterocycles. The predicted octanol–water partition coefficient (Wildman–Crippen LogP) is 10.2. The van der Waals surface area contributed by atoms with Crippen LogP contribution in [0, 0.1) is 0 Å². The molecule has 2 aromatic heterocycles. The Labute approximate surface area is 271 Å². The number of amides is 1. The topological polar surface area (TPSA) is 75.9 Å². The number of hydrogen-bond donors (Lipinski definition) is 0. The van der Waals surface area contributed by atoms with Crippen LogP contribution in [0.15, 0.2) is 63.8 Å². The molecule has 1 fully saturated rings. The highest BCUT2D eigenvalue weighted by Crippen LogP contribution is 2.33. The zero-order chi connectivity index (χ0) is 32.9. The average molecular weight is 642 g/mol. The molecule has 7 nitrogen and oxygen atoms in total. The summed E-state index contributed by atoms with van der Waals surface area (Å²) < 4.78 is 12.1. The molecule has 1 aliphatic rings. The first-order valence-corrected chi connectivity index (χ1v) is 16.8. The van der Waals surface area contributed by atoms with E-state index in [0.717, 1.165) is 15.8 Å². The molecular weight excluding hydrogens is 594 g/mol. The van der Waals surface area contributed by atoms with Crippen LogP contribution in [-0.2, 0) is 4.74 Å². The van der Waals surface area contributed by atoms with Crippen molar-refractivity contribution in [3.05, 3.63) is 70.1 Å². The Morgan fingerprint density at radius 2 is 1.64 bits per heavy atom. The van der Waals surface area contributed by atoms with E-state index >= 15 is 0 Å². The van der Waals surface area contributed by atoms with Gasteiger partial charge < -0.3 is 19.0 Å². The van der Waals surface area contributed by atoms with Crippen LogP contribution in [0.2, 0.25) is 5.02 Å². The van der Waals surface area contributed by atoms with E-state index in [1.54, 1.807) is 11.0 Å². The van der Waals surface area contributed by atoms with E-state index in [0.29, 0.717) is 52.9 Å². The first kappa shape index (κ1) is 36.8. The van der Waals surface area contributed by atoms with Gasteiger partial charge in [0.05, 0.1) is 15.3 Å². The molecule has 0 spiro atoms. The number of anilines is 1. The lowest BCUT2D eigenvalue weighted by molar-refractivity contribution is 0.0240. The summed E-state index contributed by atoms with van der Waals surface area (Å²) in [5.41, 5.74) is 1.61. The highest BCUT2D eigenvalue weighted by molar-refractivity contribution is 7.21. The lowest BCUT2D eigenvalue weighted by Crippen LogP contribution is -2.50. The molecule has 4 aromatic rings. The van der Waals surface area contributed by atoms with Gasteiger partial charge >= 0.3 is 11.7 Å². The van der Waals surface area contributed by atoms with Crippen molar-refractivity contribution in [1.82, 2.24) is 9.88 Å². The molecule has 9 heteroatoms. The summed E-state index contributed by atoms with van der Waals surface area (Å²) in [5, 5.41) is 1.96. The van der Waals surface area contributed by atoms with Crippen molar-refractivity contribution in [1.29, 1.82) is 0 Å². The van der Waals surface area contributed by atoms with Gasteiger partial charge in [-0.15, -0.1) is 11.3 Å². The summed E-state index contributed by atoms with van der Waals surface area (Å²) in [6.07, 6.45) is 6.42. The smallest absolute Gasteiger partial charge is 0.410 e. The van der Waals surface area contributed by atoms with Crippen molar-refractivity contribution in [2.24, 2.45) is 0 Å². The quantitative estimate of drug-likeness (QED) is 0.163. The average Bonchev–Trinajstić information content (AvgIpc) is 3.46. The van der Waals surface area contributed by atoms with Crippen molar-refractivity contribution in [2.45, 2.75) is 80.8 Å². The normalized spacial score (nSPS) is 13.0. The lowest BCUT2D eigenvalue weighted by Gasteiger charge is -2.36. The minimum atomic E-state index is -0.513. The second kappa shape index (κ2) is 17.8. The number of thiazole rings is 1. The number of carbonyl (C=O) groups excluding carboxylic acids is 1. The number of para-hydroxylation sites is 1. The molecule has 240 valence electrons. The maximum atomic E-state index is 12.8. The van der Waals surface area contributed by atoms with Crippen molar-refractivity contribution < 1.29 is 13.9 Å². The highest BCUT2D eigenvalue weighted by Gasteiger charge is 2.26. The molecule has 0 aliphatic carbocycles. The molecule has 2 aromatic carbocycles. The maximum absolute atomic E-state index is 12.8. The Kier molecular flexibility index (Phi) is 14.9. The molecule has 0 bridgehead atoms. The maximum Gasteiger partial charge on any atom is 0.410 e. The molecule has 0 radical (unpaired) electrons. The molecule has 0 saturated carbocycles. The van der Waals surface area contributed by atoms with Gasteiger partial charge in [0.2, 0.25) is 0 Å². The Bertz CT molecular complexity index is 1560. The number of carbonyl (C=O) groups is 1. The molecule has 3 heterocycles. The van der Waals surface area contributed by atoms with Gasteiger partial charge in [-0.3, -0.25) is 0 Å². The van der Waals surface area contributed by atoms with E-state index < -0.39 is 11.2 Å². The van der Waals surface area contributed by atoms with Gasteiger partial charge in [-0.1, -0.05) is 71.4 Å². The van der Waals surface area contributed by atoms with Crippen molar-refractivity contribution in [2.75, 3.05) is 31.1 Å². The lowest BCUT2D eigenvalue weighted by atomic mass is 10.1. The van der Waals surface area contributed by atoms with Crippen LogP contribution in [0.25, 0.3) is 31.8 Å². The predicted molar refractivity (Wildman–Crippen MR) is 189 cm³/mol. The Balaban J connectivity index is 0.000000597. The number of rotatable bonds is 4. The van der Waals surface area contributed by atoms with Gasteiger partial charge in [-0.25, -0.2) is 14.6 Å². The molecule has 44 heavy (non-hydrogen) atoms. The number of aromatic nitrogens is 1. The second-order valence-electron chi connectivity index (χ2n) is 10.5. The fourth-order valence-corrected chi connectivity index (χ4v) is 5.55. The standard InChI is InChI=1S/C25H24ClN3O4S.C6H12.2C2H6/c1-25(2,3)33-24(31)29-11-9-28(10-12-29)16-8-7-15-13-17(23(30)32-19(15)14-16)22-27-21-18(26)5-4-6-20(21)34-22;1-3-5-6-4-2;2*1-2/h4-8,13-14H,9-12H2,1-3H3;5-6H,3-4H2,1-2H3;2*1-2H3/b;6-5-;;. The van der Waals surface area contributed by atoms with Gasteiger partial charge in [0.25, 0.3) is 0 Å². The SMILES string of the molecule is CC.CC.CC(C)(C)OC(=O)N1CCN(c2ccc3cc(-c4nc5c(Cl)cccc5s4)c(=O)oc3c2)CC1.CC/C=C\CC. The fourth-order valence-electron chi connectivity index (χ4n) is 4.28. The van der Waals surface area contributed by atoms with E-state index in [-0.39, 0.29) is 6.09 Å². The van der Waals surface area contributed by atoms with Crippen LogP contribution in [0.1, 0.15) is 75.2 Å². The van der Waals surface area contributed by atoms with Crippen molar-refractivity contribution >= 4 is 55.9 Å². The molecule has 0 atom stereocenters. The van der Waals surface area contributed by atoms with E-state index in [1.807, 2.05) is 84.9 Å². The van der Waals surface area contributed by atoms with Gasteiger partial charge in [-0.2, -0.15) is 0 Å². The number of hydrogen-bond acceptors (Lipinski definition) is 7. The number of piperazine rings is 1. The van der Waals surface area contributed by atoms with E-state index in [2.05, 4.69) is 35.9 Å². The van der Waals surface area contributed by atoms with Gasteiger partial charge in [0, 0.05) is 43.3 Å². The number of fused-ring (bicyclic) bond motifs is 2. The van der Waals surface area contributed by atoms with Crippen LogP contribution in [0.3, 0.4) is 0 Å². The third kappa shape index (κ3) is 10.1. The molecular formula is C35H48ClN3O4S. The summed E-state index contributed by atoms with van der Waals surface area (Å²) in [4.78, 5) is 33.6. The third-order valence-electron chi connectivity index (χ3n) is 6.25. The molecule has 0 unspecified atom stereocenters. The first-order chi connectivity index (χ1) is 21.1. The van der Waals surface area contributed by atoms with E-state index in [4.69, 9.17) is 20.8 Å². The Morgan fingerprint density at radius 1 is 1.00 bits per heavy atom. The van der Waals surface area contributed by atoms with Crippen LogP contribution in [-0.4, -0.2) is 47.8 Å². The number of halogens is 1. The highest BCUT2D eigenvalue weighted by atomic mass is 35.5. The largest absolute Gasteiger partial charge is 0.444 e. The number of allylic oxidation sites excluding steroid dienone is 2. The van der Waals surface area contributed by atoms with Crippen molar-refractivity contribution in [3.8, 4) is 10.6 Å². The fraction of sp³-hybridized carbons (Fsp3) is 0.457. The molecule has 1 saturated heterocycles. The summed E-state index contributed by atoms with van der Waals surface area (Å²) in [5.74, 6) is 0. The monoisotopic (exact) mass is 641 g/mol. The minimum absolute atomic E-state index is 0.291. The van der Waals surface area contributed by atoms with Gasteiger partial charge in [0.1, 0.15) is 21.7 Å². The molecule has 1 amide bonds. The van der Waals surface area contributed by atoms with Crippen LogP contribution < -0.4 is 10.5 Å². The first-order valence-electron chi connectivity index (χ1n) is 15.6. The minimum Gasteiger partial charge on any atom is -0.444 e. The van der Waals surface area contributed by atoms with Crippen LogP contribution >= 0.6 is 22.9 Å². The third-order valence-corrected chi connectivity index (χ3v) is 7.61. The van der Waals surface area contributed by atoms with Gasteiger partial charge in [0.15, 0.2) is 0 Å². The summed E-state index contributed by atoms with van der Waals surface area (Å²) >= 11 is 7.66. The van der Waals surface area contributed by atoms with Crippen LogP contribution in [0.5, 0.6) is 0 Å². The van der Waals surface area contributed by atoms with Gasteiger partial charge in [-0.05, 0) is 63.9 Å². The summed E-state index contributed by atoms with van der Waals surface area (Å²) in [6, 6.07) is 13.2. The second-order valence-corrected chi connectivity index (χ2v) is 12.0. The van der Waals surface area contributed by atoms with E-state index in [1.165, 1.54) is 24.2 Å². The Hall–Kier alpha value is -3.36. The van der Waals surface area contributed by atoms with E-state index in [9.17, 15) is 9.59 Å². The molecule has 0 N–H and O–H groups in total. The van der Waals surface area contributed by atoms with Crippen LogP contribution in [0.4, 0.5) is 10.5 Å². The number of ether oxygens (including phenoxy) is 1.